The van der Waals surface area contributed by atoms with E-state index in [0.29, 0.717) is 25.7 Å². The van der Waals surface area contributed by atoms with Crippen LogP contribution in [0.1, 0.15) is 138 Å². The molecule has 3 saturated heterocycles. The van der Waals surface area contributed by atoms with Gasteiger partial charge in [0.25, 0.3) is 0 Å². The molecule has 0 radical (unpaired) electrons. The monoisotopic (exact) mass is 776 g/mol. The van der Waals surface area contributed by atoms with E-state index in [-0.39, 0.29) is 67.5 Å². The van der Waals surface area contributed by atoms with Gasteiger partial charge in [0.15, 0.2) is 6.10 Å². The van der Waals surface area contributed by atoms with Crippen molar-refractivity contribution in [2.24, 2.45) is 10.8 Å². The van der Waals surface area contributed by atoms with Gasteiger partial charge in [-0.2, -0.15) is 0 Å². The molecule has 4 aliphatic heterocycles. The van der Waals surface area contributed by atoms with Crippen molar-refractivity contribution in [1.29, 1.82) is 0 Å². The van der Waals surface area contributed by atoms with Gasteiger partial charge >= 0.3 is 17.9 Å². The van der Waals surface area contributed by atoms with E-state index < -0.39 is 59.6 Å². The van der Waals surface area contributed by atoms with E-state index in [1.54, 1.807) is 13.8 Å². The van der Waals surface area contributed by atoms with Crippen LogP contribution in [-0.4, -0.2) is 101 Å². The zero-order valence-corrected chi connectivity index (χ0v) is 34.3. The fraction of sp³-hybridized carbons (Fsp3) is 0.791. The van der Waals surface area contributed by atoms with Crippen molar-refractivity contribution >= 4 is 17.9 Å². The minimum Gasteiger partial charge on any atom is -0.466 e. The average Bonchev–Trinajstić information content (AvgIpc) is 3.07. The molecule has 0 aromatic heterocycles. The predicted octanol–water partition coefficient (Wildman–Crippen LogP) is 6.32. The second-order valence-corrected chi connectivity index (χ2v) is 17.7. The van der Waals surface area contributed by atoms with Gasteiger partial charge in [-0.15, -0.1) is 0 Å². The number of aliphatic hydroxyl groups is 3. The SMILES string of the molecule is C=C1C[C@@H]2C[C@@H]3CC(C)(C)C[C@H](/C=C/C(C)(C)[C@]4(O)O[C@@H](C/C(=C\C(=O)OC)[C@@H]4OC(=O)CCCCCCC)C[C@H]([C@@H](C)O)OC(=O)C[C@H](O)C[C@H](C1)O2)O3. The van der Waals surface area contributed by atoms with Crippen molar-refractivity contribution in [3.8, 4) is 0 Å². The zero-order chi connectivity index (χ0) is 40.6. The fourth-order valence-electron chi connectivity index (χ4n) is 8.54. The Hall–Kier alpha value is -2.61. The smallest absolute Gasteiger partial charge is 0.330 e. The van der Waals surface area contributed by atoms with Crippen molar-refractivity contribution in [2.75, 3.05) is 7.11 Å². The van der Waals surface area contributed by atoms with Crippen LogP contribution in [0.4, 0.5) is 0 Å². The number of hydrogen-bond acceptors (Lipinski definition) is 12. The Morgan fingerprint density at radius 2 is 1.65 bits per heavy atom. The number of carbonyl (C=O) groups excluding carboxylic acids is 3. The molecule has 0 spiro atoms. The zero-order valence-electron chi connectivity index (χ0n) is 34.3. The van der Waals surface area contributed by atoms with E-state index in [0.717, 1.165) is 44.1 Å². The molecule has 6 bridgehead atoms. The van der Waals surface area contributed by atoms with Crippen LogP contribution in [0.5, 0.6) is 0 Å². The summed E-state index contributed by atoms with van der Waals surface area (Å²) in [4.78, 5) is 39.4. The number of methoxy groups -OCH3 is 1. The normalized spacial score (nSPS) is 36.2. The quantitative estimate of drug-likeness (QED) is 0.0785. The molecular formula is C43H68O12. The molecule has 10 atom stereocenters. The third kappa shape index (κ3) is 12.9. The lowest BCUT2D eigenvalue weighted by atomic mass is 9.73. The maximum atomic E-state index is 13.4. The highest BCUT2D eigenvalue weighted by Gasteiger charge is 2.58. The maximum Gasteiger partial charge on any atom is 0.330 e. The van der Waals surface area contributed by atoms with E-state index in [1.807, 2.05) is 12.2 Å². The molecule has 12 heteroatoms. The summed E-state index contributed by atoms with van der Waals surface area (Å²) in [5.41, 5.74) is -0.0473. The van der Waals surface area contributed by atoms with Crippen molar-refractivity contribution in [1.82, 2.24) is 0 Å². The van der Waals surface area contributed by atoms with Gasteiger partial charge in [-0.25, -0.2) is 4.79 Å². The number of carbonyl (C=O) groups is 3. The van der Waals surface area contributed by atoms with E-state index in [2.05, 4.69) is 27.4 Å². The second kappa shape index (κ2) is 19.7. The first kappa shape index (κ1) is 45.1. The summed E-state index contributed by atoms with van der Waals surface area (Å²) in [5.74, 6) is -4.19. The molecule has 0 unspecified atom stereocenters. The van der Waals surface area contributed by atoms with Crippen LogP contribution in [0, 0.1) is 10.8 Å². The van der Waals surface area contributed by atoms with Gasteiger partial charge < -0.3 is 43.7 Å². The van der Waals surface area contributed by atoms with Crippen molar-refractivity contribution in [3.63, 3.8) is 0 Å². The maximum absolute atomic E-state index is 13.4. The molecule has 312 valence electrons. The molecule has 0 saturated carbocycles. The summed E-state index contributed by atoms with van der Waals surface area (Å²) in [5, 5.41) is 34.6. The van der Waals surface area contributed by atoms with Gasteiger partial charge in [-0.1, -0.05) is 84.6 Å². The molecule has 0 aromatic carbocycles. The van der Waals surface area contributed by atoms with E-state index in [4.69, 9.17) is 28.4 Å². The van der Waals surface area contributed by atoms with E-state index in [9.17, 15) is 29.7 Å². The first-order valence-corrected chi connectivity index (χ1v) is 20.4. The Labute approximate surface area is 328 Å². The van der Waals surface area contributed by atoms with Gasteiger partial charge in [0, 0.05) is 37.2 Å². The summed E-state index contributed by atoms with van der Waals surface area (Å²) < 4.78 is 36.5. The molecule has 0 aliphatic carbocycles. The molecule has 4 rings (SSSR count). The Morgan fingerprint density at radius 3 is 2.33 bits per heavy atom. The van der Waals surface area contributed by atoms with Gasteiger partial charge in [0.1, 0.15) is 6.10 Å². The van der Waals surface area contributed by atoms with Crippen LogP contribution >= 0.6 is 0 Å². The van der Waals surface area contributed by atoms with Crippen LogP contribution in [0.15, 0.2) is 36.0 Å². The van der Waals surface area contributed by atoms with Crippen LogP contribution < -0.4 is 0 Å². The van der Waals surface area contributed by atoms with Gasteiger partial charge in [-0.05, 0) is 56.4 Å². The summed E-state index contributed by atoms with van der Waals surface area (Å²) in [7, 11) is 1.23. The third-order valence-corrected chi connectivity index (χ3v) is 11.5. The first-order chi connectivity index (χ1) is 25.8. The minimum absolute atomic E-state index is 0.000718. The number of ether oxygens (including phenoxy) is 6. The van der Waals surface area contributed by atoms with Crippen LogP contribution in [0.2, 0.25) is 0 Å². The van der Waals surface area contributed by atoms with Crippen LogP contribution in [0.25, 0.3) is 0 Å². The Balaban J connectivity index is 1.75. The number of rotatable bonds is 9. The molecular weight excluding hydrogens is 708 g/mol. The topological polar surface area (TPSA) is 167 Å². The lowest BCUT2D eigenvalue weighted by Gasteiger charge is -2.51. The molecule has 4 heterocycles. The molecule has 0 amide bonds. The van der Waals surface area contributed by atoms with Gasteiger partial charge in [-0.3, -0.25) is 9.59 Å². The summed E-state index contributed by atoms with van der Waals surface area (Å²) in [6.45, 7) is 15.8. The van der Waals surface area contributed by atoms with Gasteiger partial charge in [0.05, 0.1) is 56.3 Å². The molecule has 12 nitrogen and oxygen atoms in total. The number of esters is 3. The molecule has 3 fully saturated rings. The average molecular weight is 777 g/mol. The van der Waals surface area contributed by atoms with E-state index in [1.165, 1.54) is 20.1 Å². The number of unbranched alkanes of at least 4 members (excludes halogenated alkanes) is 4. The number of aliphatic hydroxyl groups excluding tert-OH is 2. The summed E-state index contributed by atoms with van der Waals surface area (Å²) in [6.07, 6.45) is 6.31. The lowest BCUT2D eigenvalue weighted by molar-refractivity contribution is -0.327. The molecule has 3 N–H and O–H groups in total. The van der Waals surface area contributed by atoms with Crippen molar-refractivity contribution < 1.29 is 58.1 Å². The fourth-order valence-corrected chi connectivity index (χ4v) is 8.54. The number of hydrogen-bond donors (Lipinski definition) is 3. The second-order valence-electron chi connectivity index (χ2n) is 17.7. The Morgan fingerprint density at radius 1 is 0.964 bits per heavy atom. The number of cyclic esters (lactones) is 1. The molecule has 4 aliphatic rings. The first-order valence-electron chi connectivity index (χ1n) is 20.4. The minimum atomic E-state index is -2.23. The standard InChI is InChI=1S/C43H68O12/c1-9-10-11-12-13-14-37(46)54-40-29(20-38(47)50-8)19-34-24-36(28(3)44)53-39(48)22-30(45)21-32-17-27(2)18-33(52-32)23-35-26-41(4,5)25-31(51-35)15-16-42(6,7)43(40,49)55-34/h15-16,20,28,30-36,40,44-45,49H,2,9-14,17-19,21-26H2,1,3-8H3/b16-15+,29-20+/t28-,30-,31+,32+,33-,34+,35-,36-,40+,43-/m1/s1. The van der Waals surface area contributed by atoms with Crippen molar-refractivity contribution in [2.45, 2.75) is 199 Å². The molecule has 55 heavy (non-hydrogen) atoms. The van der Waals surface area contributed by atoms with Crippen molar-refractivity contribution in [3.05, 3.63) is 36.0 Å². The lowest BCUT2D eigenvalue weighted by Crippen LogP contribution is -2.62. The summed E-state index contributed by atoms with van der Waals surface area (Å²) in [6, 6.07) is 0. The van der Waals surface area contributed by atoms with Crippen LogP contribution in [0.3, 0.4) is 0 Å². The predicted molar refractivity (Wildman–Crippen MR) is 205 cm³/mol. The van der Waals surface area contributed by atoms with Gasteiger partial charge in [0.2, 0.25) is 5.79 Å². The summed E-state index contributed by atoms with van der Waals surface area (Å²) >= 11 is 0. The highest BCUT2D eigenvalue weighted by Crippen LogP contribution is 2.48. The Kier molecular flexibility index (Phi) is 16.2. The largest absolute Gasteiger partial charge is 0.466 e. The van der Waals surface area contributed by atoms with E-state index >= 15 is 0 Å². The van der Waals surface area contributed by atoms with Crippen LogP contribution in [-0.2, 0) is 42.8 Å². The highest BCUT2D eigenvalue weighted by atomic mass is 16.7. The third-order valence-electron chi connectivity index (χ3n) is 11.5. The number of fused-ring (bicyclic) bond motifs is 6. The highest BCUT2D eigenvalue weighted by molar-refractivity contribution is 5.83. The molecule has 0 aromatic rings. The Bertz CT molecular complexity index is 1380.